The molecule has 0 aliphatic rings. The number of hydrogen-bond donors (Lipinski definition) is 1. The van der Waals surface area contributed by atoms with Crippen molar-refractivity contribution in [3.8, 4) is 0 Å². The van der Waals surface area contributed by atoms with Crippen molar-refractivity contribution >= 4 is 5.82 Å². The first kappa shape index (κ1) is 16.9. The van der Waals surface area contributed by atoms with Crippen LogP contribution in [0, 0.1) is 5.41 Å². The predicted octanol–water partition coefficient (Wildman–Crippen LogP) is 3.94. The van der Waals surface area contributed by atoms with Crippen LogP contribution in [0.3, 0.4) is 0 Å². The molecule has 0 fully saturated rings. The first-order valence-electron chi connectivity index (χ1n) is 7.28. The molecule has 0 saturated heterocycles. The van der Waals surface area contributed by atoms with Gasteiger partial charge in [-0.1, -0.05) is 41.5 Å². The van der Waals surface area contributed by atoms with Gasteiger partial charge in [-0.3, -0.25) is 0 Å². The molecule has 1 rings (SSSR count). The summed E-state index contributed by atoms with van der Waals surface area (Å²) < 4.78 is 5.91. The number of nitrogens with zero attached hydrogens (tertiary/aromatic N) is 2. The molecular weight excluding hydrogens is 250 g/mol. The van der Waals surface area contributed by atoms with Gasteiger partial charge >= 0.3 is 0 Å². The summed E-state index contributed by atoms with van der Waals surface area (Å²) in [5.74, 6) is 1.60. The van der Waals surface area contributed by atoms with E-state index in [9.17, 15) is 0 Å². The van der Waals surface area contributed by atoms with E-state index in [1.165, 1.54) is 0 Å². The molecule has 0 bridgehead atoms. The third-order valence-corrected chi connectivity index (χ3v) is 3.12. The minimum Gasteiger partial charge on any atom is -0.373 e. The highest BCUT2D eigenvalue weighted by atomic mass is 16.5. The molecule has 0 spiro atoms. The second-order valence-corrected chi connectivity index (χ2v) is 7.20. The molecule has 1 unspecified atom stereocenters. The molecule has 0 saturated carbocycles. The molecule has 1 heterocycles. The smallest absolute Gasteiger partial charge is 0.160 e. The van der Waals surface area contributed by atoms with Crippen LogP contribution in [0.25, 0.3) is 0 Å². The van der Waals surface area contributed by atoms with Gasteiger partial charge in [0.15, 0.2) is 5.82 Å². The van der Waals surface area contributed by atoms with Crippen LogP contribution in [0.1, 0.15) is 66.1 Å². The molecule has 1 atom stereocenters. The van der Waals surface area contributed by atoms with E-state index in [1.807, 2.05) is 20.0 Å². The van der Waals surface area contributed by atoms with E-state index < -0.39 is 0 Å². The summed E-state index contributed by atoms with van der Waals surface area (Å²) in [6.07, 6.45) is -0.109. The molecule has 0 amide bonds. The molecule has 0 radical (unpaired) electrons. The topological polar surface area (TPSA) is 47.0 Å². The molecule has 1 aromatic rings. The molecular formula is C16H29N3O. The van der Waals surface area contributed by atoms with Gasteiger partial charge in [0.05, 0.1) is 5.69 Å². The minimum absolute atomic E-state index is 0.0159. The number of aromatic nitrogens is 2. The number of nitrogens with one attached hydrogen (secondary N) is 1. The number of hydrogen-bond acceptors (Lipinski definition) is 4. The van der Waals surface area contributed by atoms with E-state index in [4.69, 9.17) is 9.72 Å². The Kier molecular flexibility index (Phi) is 5.14. The standard InChI is InChI=1S/C16H29N3O/c1-9-20-13(16(5,6)7)14-18-11(15(2,3)4)10-12(17-8)19-14/h10,13H,9H2,1-8H3,(H,17,18,19). The van der Waals surface area contributed by atoms with Gasteiger partial charge in [-0.15, -0.1) is 0 Å². The second kappa shape index (κ2) is 6.08. The fourth-order valence-corrected chi connectivity index (χ4v) is 1.97. The average molecular weight is 279 g/mol. The van der Waals surface area contributed by atoms with E-state index in [1.54, 1.807) is 0 Å². The van der Waals surface area contributed by atoms with Crippen molar-refractivity contribution in [1.82, 2.24) is 9.97 Å². The molecule has 4 nitrogen and oxygen atoms in total. The van der Waals surface area contributed by atoms with Crippen molar-refractivity contribution in [3.63, 3.8) is 0 Å². The second-order valence-electron chi connectivity index (χ2n) is 7.20. The summed E-state index contributed by atoms with van der Waals surface area (Å²) in [6.45, 7) is 15.6. The van der Waals surface area contributed by atoms with Gasteiger partial charge in [-0.2, -0.15) is 0 Å². The number of rotatable bonds is 4. The molecule has 114 valence electrons. The van der Waals surface area contributed by atoms with Gasteiger partial charge in [-0.25, -0.2) is 9.97 Å². The quantitative estimate of drug-likeness (QED) is 0.907. The summed E-state index contributed by atoms with van der Waals surface area (Å²) in [5.41, 5.74) is 0.968. The van der Waals surface area contributed by atoms with Crippen LogP contribution >= 0.6 is 0 Å². The lowest BCUT2D eigenvalue weighted by atomic mass is 9.87. The van der Waals surface area contributed by atoms with Gasteiger partial charge in [-0.05, 0) is 12.3 Å². The van der Waals surface area contributed by atoms with E-state index in [2.05, 4.69) is 51.8 Å². The Morgan fingerprint density at radius 1 is 1.15 bits per heavy atom. The first-order valence-corrected chi connectivity index (χ1v) is 7.28. The molecule has 20 heavy (non-hydrogen) atoms. The van der Waals surface area contributed by atoms with E-state index in [0.29, 0.717) is 6.61 Å². The Balaban J connectivity index is 3.34. The zero-order valence-electron chi connectivity index (χ0n) is 14.2. The summed E-state index contributed by atoms with van der Waals surface area (Å²) in [6, 6.07) is 2.01. The van der Waals surface area contributed by atoms with Crippen molar-refractivity contribution in [1.29, 1.82) is 0 Å². The van der Waals surface area contributed by atoms with Crippen LogP contribution in [0.4, 0.5) is 5.82 Å². The lowest BCUT2D eigenvalue weighted by Gasteiger charge is -2.30. The maximum atomic E-state index is 5.91. The van der Waals surface area contributed by atoms with E-state index in [0.717, 1.165) is 17.3 Å². The lowest BCUT2D eigenvalue weighted by Crippen LogP contribution is -2.26. The van der Waals surface area contributed by atoms with Gasteiger partial charge < -0.3 is 10.1 Å². The van der Waals surface area contributed by atoms with Crippen LogP contribution in [0.15, 0.2) is 6.07 Å². The number of ether oxygens (including phenoxy) is 1. The Morgan fingerprint density at radius 2 is 1.75 bits per heavy atom. The lowest BCUT2D eigenvalue weighted by molar-refractivity contribution is -0.0192. The Labute approximate surface area is 123 Å². The normalized spacial score (nSPS) is 14.2. The van der Waals surface area contributed by atoms with Gasteiger partial charge in [0.2, 0.25) is 0 Å². The Bertz CT molecular complexity index is 444. The van der Waals surface area contributed by atoms with Crippen molar-refractivity contribution < 1.29 is 4.74 Å². The average Bonchev–Trinajstić information content (AvgIpc) is 2.32. The summed E-state index contributed by atoms with van der Waals surface area (Å²) in [5, 5.41) is 3.12. The molecule has 0 aliphatic heterocycles. The maximum Gasteiger partial charge on any atom is 0.160 e. The van der Waals surface area contributed by atoms with Crippen molar-refractivity contribution in [3.05, 3.63) is 17.6 Å². The third kappa shape index (κ3) is 4.17. The van der Waals surface area contributed by atoms with Gasteiger partial charge in [0, 0.05) is 25.1 Å². The molecule has 4 heteroatoms. The van der Waals surface area contributed by atoms with Crippen LogP contribution in [-0.4, -0.2) is 23.6 Å². The van der Waals surface area contributed by atoms with E-state index >= 15 is 0 Å². The summed E-state index contributed by atoms with van der Waals surface area (Å²) in [7, 11) is 1.88. The number of anilines is 1. The van der Waals surface area contributed by atoms with Crippen LogP contribution in [0.5, 0.6) is 0 Å². The summed E-state index contributed by atoms with van der Waals surface area (Å²) in [4.78, 5) is 9.37. The molecule has 0 aromatic carbocycles. The van der Waals surface area contributed by atoms with Gasteiger partial charge in [0.1, 0.15) is 11.9 Å². The molecule has 1 N–H and O–H groups in total. The Morgan fingerprint density at radius 3 is 2.15 bits per heavy atom. The van der Waals surface area contributed by atoms with E-state index in [-0.39, 0.29) is 16.9 Å². The predicted molar refractivity (Wildman–Crippen MR) is 84.1 cm³/mol. The highest BCUT2D eigenvalue weighted by molar-refractivity contribution is 5.37. The zero-order chi connectivity index (χ0) is 15.6. The highest BCUT2D eigenvalue weighted by Gasteiger charge is 2.31. The first-order chi connectivity index (χ1) is 9.09. The van der Waals surface area contributed by atoms with Crippen molar-refractivity contribution in [2.24, 2.45) is 5.41 Å². The SMILES string of the molecule is CCOC(c1nc(NC)cc(C(C)(C)C)n1)C(C)(C)C. The third-order valence-electron chi connectivity index (χ3n) is 3.12. The minimum atomic E-state index is -0.109. The molecule has 0 aliphatic carbocycles. The fourth-order valence-electron chi connectivity index (χ4n) is 1.97. The Hall–Kier alpha value is -1.16. The maximum absolute atomic E-state index is 5.91. The zero-order valence-corrected chi connectivity index (χ0v) is 14.2. The van der Waals surface area contributed by atoms with Gasteiger partial charge in [0.25, 0.3) is 0 Å². The van der Waals surface area contributed by atoms with Crippen molar-refractivity contribution in [2.75, 3.05) is 19.0 Å². The highest BCUT2D eigenvalue weighted by Crippen LogP contribution is 2.35. The largest absolute Gasteiger partial charge is 0.373 e. The van der Waals surface area contributed by atoms with Crippen LogP contribution in [-0.2, 0) is 10.2 Å². The fraction of sp³-hybridized carbons (Fsp3) is 0.750. The van der Waals surface area contributed by atoms with Crippen LogP contribution in [0.2, 0.25) is 0 Å². The monoisotopic (exact) mass is 279 g/mol. The molecule has 1 aromatic heterocycles. The van der Waals surface area contributed by atoms with Crippen LogP contribution < -0.4 is 5.32 Å². The van der Waals surface area contributed by atoms with Crippen molar-refractivity contribution in [2.45, 2.75) is 60.0 Å². The summed E-state index contributed by atoms with van der Waals surface area (Å²) >= 11 is 0.